The van der Waals surface area contributed by atoms with E-state index in [9.17, 15) is 13.6 Å². The molecular formula is C11H12ClF2N5O. The van der Waals surface area contributed by atoms with E-state index in [0.29, 0.717) is 6.29 Å². The number of carbonyl (C=O) groups excluding carboxylic acids is 1. The van der Waals surface area contributed by atoms with E-state index in [1.165, 1.54) is 11.1 Å². The van der Waals surface area contributed by atoms with Gasteiger partial charge in [0.1, 0.15) is 11.5 Å². The summed E-state index contributed by atoms with van der Waals surface area (Å²) in [6.07, 6.45) is -0.193. The lowest BCUT2D eigenvalue weighted by Crippen LogP contribution is -2.40. The van der Waals surface area contributed by atoms with E-state index in [1.54, 1.807) is 0 Å². The predicted octanol–water partition coefficient (Wildman–Crippen LogP) is 2.35. The maximum Gasteiger partial charge on any atom is 0.198 e. The zero-order chi connectivity index (χ0) is 14.7. The van der Waals surface area contributed by atoms with Crippen LogP contribution in [0.15, 0.2) is 22.6 Å². The largest absolute Gasteiger partial charge is 0.397 e. The molecule has 9 heteroatoms. The summed E-state index contributed by atoms with van der Waals surface area (Å²) < 4.78 is 26.1. The molecule has 1 atom stereocenters. The minimum Gasteiger partial charge on any atom is -0.397 e. The number of nitrogens with two attached hydrogens (primary N) is 1. The summed E-state index contributed by atoms with van der Waals surface area (Å²) in [7, 11) is 0. The van der Waals surface area contributed by atoms with Crippen molar-refractivity contribution in [2.45, 2.75) is 12.6 Å². The fraction of sp³-hybridized carbons (Fsp3) is 0.364. The fourth-order valence-electron chi connectivity index (χ4n) is 1.77. The highest BCUT2D eigenvalue weighted by Gasteiger charge is 2.32. The first-order chi connectivity index (χ1) is 9.58. The molecule has 0 saturated heterocycles. The Morgan fingerprint density at radius 3 is 2.85 bits per heavy atom. The smallest absolute Gasteiger partial charge is 0.198 e. The third kappa shape index (κ3) is 2.64. The maximum atomic E-state index is 13.9. The molecule has 20 heavy (non-hydrogen) atoms. The summed E-state index contributed by atoms with van der Waals surface area (Å²) in [5.41, 5.74) is 5.75. The number of nitrogen functional groups attached to an aromatic ring is 1. The molecule has 108 valence electrons. The first-order valence-electron chi connectivity index (χ1n) is 5.81. The molecule has 0 amide bonds. The third-order valence-electron chi connectivity index (χ3n) is 2.76. The van der Waals surface area contributed by atoms with Crippen LogP contribution in [0.4, 0.5) is 20.2 Å². The minimum atomic E-state index is -0.934. The first-order valence-corrected chi connectivity index (χ1v) is 6.19. The van der Waals surface area contributed by atoms with Gasteiger partial charge in [0.15, 0.2) is 12.5 Å². The van der Waals surface area contributed by atoms with Crippen molar-refractivity contribution < 1.29 is 13.6 Å². The highest BCUT2D eigenvalue weighted by molar-refractivity contribution is 6.33. The number of hydrogen-bond acceptors (Lipinski definition) is 6. The normalized spacial score (nSPS) is 17.9. The number of anilines is 2. The van der Waals surface area contributed by atoms with Gasteiger partial charge in [-0.1, -0.05) is 16.8 Å². The summed E-state index contributed by atoms with van der Waals surface area (Å²) in [5, 5.41) is 9.86. The number of alkyl halides is 1. The number of benzene rings is 1. The van der Waals surface area contributed by atoms with Crippen LogP contribution in [0, 0.1) is 5.82 Å². The number of aldehydes is 1. The lowest BCUT2D eigenvalue weighted by Gasteiger charge is -2.23. The number of carbonyl (C=O) groups is 1. The number of halogens is 3. The third-order valence-corrected chi connectivity index (χ3v) is 3.09. The van der Waals surface area contributed by atoms with Crippen LogP contribution in [0.1, 0.15) is 6.42 Å². The van der Waals surface area contributed by atoms with Gasteiger partial charge >= 0.3 is 0 Å². The van der Waals surface area contributed by atoms with Crippen molar-refractivity contribution in [3.63, 3.8) is 0 Å². The van der Waals surface area contributed by atoms with Gasteiger partial charge in [-0.05, 0) is 23.8 Å². The van der Waals surface area contributed by atoms with E-state index in [2.05, 4.69) is 10.4 Å². The Kier molecular flexibility index (Phi) is 4.33. The molecule has 0 aromatic heterocycles. The first kappa shape index (κ1) is 14.4. The Morgan fingerprint density at radius 1 is 1.45 bits per heavy atom. The number of rotatable bonds is 5. The van der Waals surface area contributed by atoms with Crippen LogP contribution < -0.4 is 10.7 Å². The van der Waals surface area contributed by atoms with Crippen LogP contribution >= 0.6 is 11.6 Å². The predicted molar refractivity (Wildman–Crippen MR) is 70.3 cm³/mol. The van der Waals surface area contributed by atoms with Gasteiger partial charge in [0, 0.05) is 6.54 Å². The van der Waals surface area contributed by atoms with Gasteiger partial charge in [0.2, 0.25) is 0 Å². The van der Waals surface area contributed by atoms with Gasteiger partial charge in [-0.15, -0.1) is 0 Å². The Hall–Kier alpha value is -1.96. The molecular weight excluding hydrogens is 292 g/mol. The molecule has 0 aliphatic carbocycles. The molecule has 0 radical (unpaired) electrons. The molecule has 0 saturated carbocycles. The van der Waals surface area contributed by atoms with Gasteiger partial charge in [-0.3, -0.25) is 9.18 Å². The fourth-order valence-corrected chi connectivity index (χ4v) is 1.92. The summed E-state index contributed by atoms with van der Waals surface area (Å²) in [5.74, 6) is -0.678. The zero-order valence-electron chi connectivity index (χ0n) is 10.3. The van der Waals surface area contributed by atoms with E-state index in [4.69, 9.17) is 17.3 Å². The lowest BCUT2D eigenvalue weighted by molar-refractivity contribution is -0.111. The molecule has 1 aliphatic rings. The topological polar surface area (TPSA) is 74.3 Å². The van der Waals surface area contributed by atoms with E-state index in [0.717, 1.165) is 11.1 Å². The van der Waals surface area contributed by atoms with E-state index >= 15 is 0 Å². The molecule has 2 rings (SSSR count). The summed E-state index contributed by atoms with van der Waals surface area (Å²) in [6, 6.07) is 2.31. The Bertz CT molecular complexity index is 542. The van der Waals surface area contributed by atoms with Gasteiger partial charge in [-0.25, -0.2) is 14.4 Å². The van der Waals surface area contributed by atoms with Crippen LogP contribution in [0.3, 0.4) is 0 Å². The highest BCUT2D eigenvalue weighted by Crippen LogP contribution is 2.32. The van der Waals surface area contributed by atoms with E-state index in [1.807, 2.05) is 0 Å². The molecule has 1 aliphatic heterocycles. The lowest BCUT2D eigenvalue weighted by atomic mass is 10.2. The molecule has 0 spiro atoms. The quantitative estimate of drug-likeness (QED) is 0.669. The number of hydrogen-bond donors (Lipinski definition) is 1. The Labute approximate surface area is 118 Å². The summed E-state index contributed by atoms with van der Waals surface area (Å²) in [4.78, 5) is 11.2. The molecule has 1 aromatic carbocycles. The molecule has 1 aromatic rings. The minimum absolute atomic E-state index is 0.0181. The van der Waals surface area contributed by atoms with Crippen molar-refractivity contribution in [3.8, 4) is 0 Å². The van der Waals surface area contributed by atoms with Crippen LogP contribution in [0.25, 0.3) is 0 Å². The molecule has 1 heterocycles. The van der Waals surface area contributed by atoms with Crippen molar-refractivity contribution in [3.05, 3.63) is 23.0 Å². The second-order valence-corrected chi connectivity index (χ2v) is 4.51. The highest BCUT2D eigenvalue weighted by atomic mass is 35.5. The van der Waals surface area contributed by atoms with Gasteiger partial charge in [0.25, 0.3) is 0 Å². The Balaban J connectivity index is 2.27. The molecule has 1 unspecified atom stereocenters. The molecule has 6 nitrogen and oxygen atoms in total. The Morgan fingerprint density at radius 2 is 2.20 bits per heavy atom. The van der Waals surface area contributed by atoms with Crippen molar-refractivity contribution in [1.82, 2.24) is 5.01 Å². The maximum absolute atomic E-state index is 13.9. The molecule has 0 fully saturated rings. The monoisotopic (exact) mass is 303 g/mol. The zero-order valence-corrected chi connectivity index (χ0v) is 11.1. The van der Waals surface area contributed by atoms with Crippen LogP contribution in [-0.4, -0.2) is 30.7 Å². The number of nitrogens with zero attached hydrogens (tertiary/aromatic N) is 4. The molecule has 2 N–H and O–H groups in total. The van der Waals surface area contributed by atoms with Crippen molar-refractivity contribution in [1.29, 1.82) is 0 Å². The van der Waals surface area contributed by atoms with Crippen molar-refractivity contribution in [2.75, 3.05) is 24.0 Å². The summed E-state index contributed by atoms with van der Waals surface area (Å²) >= 11 is 5.70. The van der Waals surface area contributed by atoms with Crippen LogP contribution in [0.2, 0.25) is 5.02 Å². The summed E-state index contributed by atoms with van der Waals surface area (Å²) in [6.45, 7) is -0.343. The average Bonchev–Trinajstić information content (AvgIpc) is 2.83. The van der Waals surface area contributed by atoms with E-state index in [-0.39, 0.29) is 29.4 Å². The van der Waals surface area contributed by atoms with Crippen molar-refractivity contribution >= 4 is 29.3 Å². The molecule has 0 bridgehead atoms. The second-order valence-electron chi connectivity index (χ2n) is 4.10. The van der Waals surface area contributed by atoms with E-state index < -0.39 is 18.7 Å². The SMILES string of the molecule is Nc1cc(N2N=NN(CCCF)C2C=O)c(F)cc1Cl. The van der Waals surface area contributed by atoms with Crippen LogP contribution in [0.5, 0.6) is 0 Å². The van der Waals surface area contributed by atoms with Gasteiger partial charge in [0.05, 0.1) is 17.4 Å². The van der Waals surface area contributed by atoms with Gasteiger partial charge < -0.3 is 5.73 Å². The van der Waals surface area contributed by atoms with Crippen LogP contribution in [-0.2, 0) is 4.79 Å². The standard InChI is InChI=1S/C11H12ClF2N5O/c12-7-4-8(14)10(5-9(7)15)19-11(6-20)18(16-17-19)3-1-2-13/h4-6,11H,1-3,15H2. The second kappa shape index (κ2) is 6.00. The van der Waals surface area contributed by atoms with Gasteiger partial charge in [-0.2, -0.15) is 0 Å². The van der Waals surface area contributed by atoms with Crippen molar-refractivity contribution in [2.24, 2.45) is 10.4 Å². The average molecular weight is 304 g/mol.